The Kier molecular flexibility index (Phi) is 9.38. The van der Waals surface area contributed by atoms with Gasteiger partial charge in [-0.3, -0.25) is 4.68 Å². The molecule has 0 saturated carbocycles. The number of aromatic nitrogens is 2. The van der Waals surface area contributed by atoms with E-state index in [1.807, 2.05) is 25.0 Å². The molecule has 3 heteroatoms. The Labute approximate surface area is 125 Å². The van der Waals surface area contributed by atoms with E-state index in [1.165, 1.54) is 69.9 Å². The number of hydrogen-bond acceptors (Lipinski definition) is 2. The van der Waals surface area contributed by atoms with E-state index in [4.69, 9.17) is 0 Å². The summed E-state index contributed by atoms with van der Waals surface area (Å²) >= 11 is 0. The molecule has 0 fully saturated rings. The average molecular weight is 279 g/mol. The fourth-order valence-corrected chi connectivity index (χ4v) is 2.72. The molecule has 1 aromatic rings. The van der Waals surface area contributed by atoms with Crippen LogP contribution in [0.1, 0.15) is 82.9 Å². The topological polar surface area (TPSA) is 29.9 Å². The molecule has 20 heavy (non-hydrogen) atoms. The third-order valence-electron chi connectivity index (χ3n) is 4.04. The van der Waals surface area contributed by atoms with Crippen molar-refractivity contribution in [3.8, 4) is 0 Å². The number of nitrogens with one attached hydrogen (secondary N) is 1. The van der Waals surface area contributed by atoms with Gasteiger partial charge in [0.1, 0.15) is 0 Å². The van der Waals surface area contributed by atoms with Gasteiger partial charge in [-0.2, -0.15) is 5.10 Å². The molecule has 1 atom stereocenters. The van der Waals surface area contributed by atoms with Gasteiger partial charge in [-0.25, -0.2) is 0 Å². The van der Waals surface area contributed by atoms with Crippen LogP contribution in [0.25, 0.3) is 0 Å². The Morgan fingerprint density at radius 3 is 2.15 bits per heavy atom. The summed E-state index contributed by atoms with van der Waals surface area (Å²) in [6.07, 6.45) is 15.7. The quantitative estimate of drug-likeness (QED) is 0.567. The Balaban J connectivity index is 2.02. The second-order valence-electron chi connectivity index (χ2n) is 5.87. The zero-order valence-corrected chi connectivity index (χ0v) is 13.7. The minimum absolute atomic E-state index is 0.417. The van der Waals surface area contributed by atoms with Gasteiger partial charge in [0.25, 0.3) is 0 Å². The molecule has 3 nitrogen and oxygen atoms in total. The van der Waals surface area contributed by atoms with Crippen molar-refractivity contribution in [3.63, 3.8) is 0 Å². The largest absolute Gasteiger partial charge is 0.312 e. The zero-order valence-electron chi connectivity index (χ0n) is 13.7. The van der Waals surface area contributed by atoms with Gasteiger partial charge in [-0.1, -0.05) is 64.7 Å². The van der Waals surface area contributed by atoms with Crippen LogP contribution in [-0.4, -0.2) is 16.8 Å². The normalized spacial score (nSPS) is 12.8. The van der Waals surface area contributed by atoms with Crippen LogP contribution < -0.4 is 5.32 Å². The number of unbranched alkanes of at least 4 members (excludes halogenated alkanes) is 8. The standard InChI is InChI=1S/C17H33N3/c1-4-5-6-7-8-9-10-11-12-13-16(18-2)17-14-15-20(3)19-17/h14-16,18H,4-13H2,1-3H3. The maximum atomic E-state index is 4.49. The van der Waals surface area contributed by atoms with Crippen LogP contribution in [0.2, 0.25) is 0 Å². The molecule has 0 saturated heterocycles. The molecule has 1 aromatic heterocycles. The van der Waals surface area contributed by atoms with Crippen molar-refractivity contribution in [1.82, 2.24) is 15.1 Å². The van der Waals surface area contributed by atoms with Crippen LogP contribution in [0, 0.1) is 0 Å². The minimum atomic E-state index is 0.417. The molecule has 1 unspecified atom stereocenters. The van der Waals surface area contributed by atoms with E-state index in [-0.39, 0.29) is 0 Å². The molecule has 1 N–H and O–H groups in total. The molecule has 116 valence electrons. The second-order valence-corrected chi connectivity index (χ2v) is 5.87. The summed E-state index contributed by atoms with van der Waals surface area (Å²) in [6.45, 7) is 2.28. The number of nitrogens with zero attached hydrogens (tertiary/aromatic N) is 2. The Morgan fingerprint density at radius 2 is 1.65 bits per heavy atom. The molecular weight excluding hydrogens is 246 g/mol. The molecule has 0 spiro atoms. The fourth-order valence-electron chi connectivity index (χ4n) is 2.72. The highest BCUT2D eigenvalue weighted by atomic mass is 15.3. The van der Waals surface area contributed by atoms with Crippen molar-refractivity contribution >= 4 is 0 Å². The summed E-state index contributed by atoms with van der Waals surface area (Å²) in [5, 5.41) is 7.87. The lowest BCUT2D eigenvalue weighted by molar-refractivity contribution is 0.481. The molecule has 0 aliphatic rings. The second kappa shape index (κ2) is 10.9. The highest BCUT2D eigenvalue weighted by Crippen LogP contribution is 2.18. The zero-order chi connectivity index (χ0) is 14.6. The molecule has 0 aliphatic carbocycles. The number of rotatable bonds is 12. The van der Waals surface area contributed by atoms with E-state index < -0.39 is 0 Å². The van der Waals surface area contributed by atoms with Crippen molar-refractivity contribution in [1.29, 1.82) is 0 Å². The van der Waals surface area contributed by atoms with Gasteiger partial charge in [-0.15, -0.1) is 0 Å². The van der Waals surface area contributed by atoms with Crippen molar-refractivity contribution in [3.05, 3.63) is 18.0 Å². The van der Waals surface area contributed by atoms with Gasteiger partial charge >= 0.3 is 0 Å². The van der Waals surface area contributed by atoms with Gasteiger partial charge in [0.2, 0.25) is 0 Å². The van der Waals surface area contributed by atoms with Gasteiger partial charge in [-0.05, 0) is 19.5 Å². The number of aryl methyl sites for hydroxylation is 1. The molecule has 0 aromatic carbocycles. The lowest BCUT2D eigenvalue weighted by atomic mass is 10.0. The van der Waals surface area contributed by atoms with Crippen LogP contribution in [-0.2, 0) is 7.05 Å². The molecular formula is C17H33N3. The van der Waals surface area contributed by atoms with Gasteiger partial charge in [0, 0.05) is 13.2 Å². The van der Waals surface area contributed by atoms with Gasteiger partial charge in [0.05, 0.1) is 11.7 Å². The summed E-state index contributed by atoms with van der Waals surface area (Å²) in [6, 6.07) is 2.54. The summed E-state index contributed by atoms with van der Waals surface area (Å²) in [7, 11) is 4.02. The van der Waals surface area contributed by atoms with Crippen molar-refractivity contribution in [2.24, 2.45) is 7.05 Å². The Hall–Kier alpha value is -0.830. The van der Waals surface area contributed by atoms with Crippen LogP contribution in [0.3, 0.4) is 0 Å². The fraction of sp³-hybridized carbons (Fsp3) is 0.824. The molecule has 0 radical (unpaired) electrons. The maximum Gasteiger partial charge on any atom is 0.0793 e. The number of hydrogen-bond donors (Lipinski definition) is 1. The third kappa shape index (κ3) is 7.09. The van der Waals surface area contributed by atoms with Crippen molar-refractivity contribution in [2.45, 2.75) is 77.2 Å². The molecule has 0 aliphatic heterocycles. The molecule has 0 amide bonds. The van der Waals surface area contributed by atoms with Crippen LogP contribution in [0.4, 0.5) is 0 Å². The van der Waals surface area contributed by atoms with E-state index in [1.54, 1.807) is 0 Å². The lowest BCUT2D eigenvalue weighted by Gasteiger charge is -2.13. The van der Waals surface area contributed by atoms with Gasteiger partial charge < -0.3 is 5.32 Å². The Morgan fingerprint density at radius 1 is 1.05 bits per heavy atom. The highest BCUT2D eigenvalue weighted by molar-refractivity contribution is 5.04. The molecule has 1 heterocycles. The first-order valence-electron chi connectivity index (χ1n) is 8.44. The first-order chi connectivity index (χ1) is 9.77. The summed E-state index contributed by atoms with van der Waals surface area (Å²) in [4.78, 5) is 0. The SMILES string of the molecule is CCCCCCCCCCCC(NC)c1ccn(C)n1. The van der Waals surface area contributed by atoms with Crippen molar-refractivity contribution in [2.75, 3.05) is 7.05 Å². The van der Waals surface area contributed by atoms with Crippen LogP contribution in [0.15, 0.2) is 12.3 Å². The van der Waals surface area contributed by atoms with E-state index in [0.717, 1.165) is 0 Å². The first kappa shape index (κ1) is 17.2. The van der Waals surface area contributed by atoms with Gasteiger partial charge in [0.15, 0.2) is 0 Å². The highest BCUT2D eigenvalue weighted by Gasteiger charge is 2.11. The Bertz CT molecular complexity index is 333. The third-order valence-corrected chi connectivity index (χ3v) is 4.04. The molecule has 1 rings (SSSR count). The predicted molar refractivity (Wildman–Crippen MR) is 86.9 cm³/mol. The van der Waals surface area contributed by atoms with Crippen LogP contribution in [0.5, 0.6) is 0 Å². The van der Waals surface area contributed by atoms with E-state index in [9.17, 15) is 0 Å². The summed E-state index contributed by atoms with van der Waals surface area (Å²) < 4.78 is 1.88. The summed E-state index contributed by atoms with van der Waals surface area (Å²) in [5.74, 6) is 0. The first-order valence-corrected chi connectivity index (χ1v) is 8.44. The van der Waals surface area contributed by atoms with Crippen molar-refractivity contribution < 1.29 is 0 Å². The lowest BCUT2D eigenvalue weighted by Crippen LogP contribution is -2.17. The smallest absolute Gasteiger partial charge is 0.0793 e. The predicted octanol–water partition coefficient (Wildman–Crippen LogP) is 4.60. The van der Waals surface area contributed by atoms with E-state index in [0.29, 0.717) is 6.04 Å². The average Bonchev–Trinajstić information content (AvgIpc) is 2.87. The monoisotopic (exact) mass is 279 g/mol. The summed E-state index contributed by atoms with van der Waals surface area (Å²) in [5.41, 5.74) is 1.18. The van der Waals surface area contributed by atoms with E-state index >= 15 is 0 Å². The van der Waals surface area contributed by atoms with Crippen LogP contribution >= 0.6 is 0 Å². The van der Waals surface area contributed by atoms with E-state index in [2.05, 4.69) is 23.4 Å². The molecule has 0 bridgehead atoms. The minimum Gasteiger partial charge on any atom is -0.312 e. The maximum absolute atomic E-state index is 4.49.